The lowest BCUT2D eigenvalue weighted by Crippen LogP contribution is -2.41. The number of furan rings is 1. The van der Waals surface area contributed by atoms with E-state index in [2.05, 4.69) is 10.2 Å². The molecule has 132 valence electrons. The van der Waals surface area contributed by atoms with E-state index in [0.717, 1.165) is 43.1 Å². The van der Waals surface area contributed by atoms with Crippen LogP contribution in [0, 0.1) is 5.92 Å². The number of likely N-dealkylation sites (tertiary alicyclic amines) is 1. The first-order valence-electron chi connectivity index (χ1n) is 8.66. The minimum Gasteiger partial charge on any atom is -0.459 e. The number of nitrogens with zero attached hydrogens (tertiary/aromatic N) is 1. The fourth-order valence-corrected chi connectivity index (χ4v) is 3.48. The normalized spacial score (nSPS) is 18.9. The van der Waals surface area contributed by atoms with Crippen molar-refractivity contribution in [2.75, 3.05) is 26.2 Å². The highest BCUT2D eigenvalue weighted by atomic mass is 35.5. The molecule has 0 radical (unpaired) electrons. The third kappa shape index (κ3) is 5.48. The number of piperidine rings is 1. The van der Waals surface area contributed by atoms with Crippen LogP contribution < -0.4 is 5.32 Å². The molecule has 1 N–H and O–H groups in total. The van der Waals surface area contributed by atoms with Gasteiger partial charge in [0.15, 0.2) is 5.76 Å². The van der Waals surface area contributed by atoms with Crippen molar-refractivity contribution in [1.82, 2.24) is 10.2 Å². The highest BCUT2D eigenvalue weighted by Crippen LogP contribution is 2.19. The highest BCUT2D eigenvalue weighted by molar-refractivity contribution is 6.31. The van der Waals surface area contributed by atoms with E-state index in [9.17, 15) is 4.79 Å². The summed E-state index contributed by atoms with van der Waals surface area (Å²) in [5, 5.41) is 3.80. The molecule has 1 fully saturated rings. The number of benzene rings is 1. The minimum absolute atomic E-state index is 0.149. The Kier molecular flexibility index (Phi) is 6.31. The molecule has 25 heavy (non-hydrogen) atoms. The molecule has 5 heteroatoms. The molecule has 1 atom stereocenters. The van der Waals surface area contributed by atoms with Crippen molar-refractivity contribution in [1.29, 1.82) is 0 Å². The molecule has 1 aromatic carbocycles. The maximum atomic E-state index is 12.0. The number of amides is 1. The summed E-state index contributed by atoms with van der Waals surface area (Å²) in [4.78, 5) is 14.3. The number of nitrogens with one attached hydrogen (secondary N) is 1. The summed E-state index contributed by atoms with van der Waals surface area (Å²) in [6, 6.07) is 13.5. The standard InChI is InChI=1S/C20H23ClN2O2/c21-18(12-16-6-2-1-3-7-16)15-23-10-4-8-17(14-23)13-22-20(24)19-9-5-11-25-19/h1-3,5-7,9,11-12,17H,4,8,10,13-15H2,(H,22,24)/b18-12-/t17-/m1/s1. The lowest BCUT2D eigenvalue weighted by molar-refractivity contribution is 0.0907. The zero-order chi connectivity index (χ0) is 17.5. The van der Waals surface area contributed by atoms with Crippen molar-refractivity contribution in [2.45, 2.75) is 12.8 Å². The third-order valence-corrected chi connectivity index (χ3v) is 4.63. The molecule has 1 amide bonds. The van der Waals surface area contributed by atoms with Gasteiger partial charge in [0.05, 0.1) is 6.26 Å². The van der Waals surface area contributed by atoms with Gasteiger partial charge in [-0.3, -0.25) is 9.69 Å². The largest absolute Gasteiger partial charge is 0.459 e. The molecule has 1 aliphatic rings. The second kappa shape index (κ2) is 8.88. The van der Waals surface area contributed by atoms with Gasteiger partial charge in [-0.2, -0.15) is 0 Å². The number of carbonyl (C=O) groups excluding carboxylic acids is 1. The Morgan fingerprint density at radius 1 is 1.28 bits per heavy atom. The maximum absolute atomic E-state index is 12.0. The van der Waals surface area contributed by atoms with Gasteiger partial charge < -0.3 is 9.73 Å². The Bertz CT molecular complexity index is 698. The molecular weight excluding hydrogens is 336 g/mol. The molecule has 1 aromatic heterocycles. The van der Waals surface area contributed by atoms with Crippen molar-refractivity contribution in [2.24, 2.45) is 5.92 Å². The van der Waals surface area contributed by atoms with Crippen LogP contribution >= 0.6 is 11.6 Å². The van der Waals surface area contributed by atoms with Crippen LogP contribution in [0.2, 0.25) is 0 Å². The molecule has 1 saturated heterocycles. The number of halogens is 1. The summed E-state index contributed by atoms with van der Waals surface area (Å²) >= 11 is 6.43. The molecule has 2 aromatic rings. The molecular formula is C20H23ClN2O2. The molecule has 2 heterocycles. The van der Waals surface area contributed by atoms with Crippen LogP contribution in [0.4, 0.5) is 0 Å². The second-order valence-electron chi connectivity index (χ2n) is 6.43. The van der Waals surface area contributed by atoms with Gasteiger partial charge in [-0.15, -0.1) is 0 Å². The van der Waals surface area contributed by atoms with E-state index in [1.54, 1.807) is 12.1 Å². The quantitative estimate of drug-likeness (QED) is 0.848. The van der Waals surface area contributed by atoms with E-state index in [1.807, 2.05) is 36.4 Å². The predicted molar refractivity (Wildman–Crippen MR) is 100 cm³/mol. The van der Waals surface area contributed by atoms with E-state index < -0.39 is 0 Å². The van der Waals surface area contributed by atoms with Crippen LogP contribution in [0.1, 0.15) is 29.0 Å². The maximum Gasteiger partial charge on any atom is 0.286 e. The Hall–Kier alpha value is -2.04. The fourth-order valence-electron chi connectivity index (χ4n) is 3.18. The summed E-state index contributed by atoms with van der Waals surface area (Å²) in [6.45, 7) is 3.40. The SMILES string of the molecule is O=C(NC[C@H]1CCCN(C/C(Cl)=C/c2ccccc2)C1)c1ccco1. The first-order valence-corrected chi connectivity index (χ1v) is 9.03. The van der Waals surface area contributed by atoms with Crippen LogP contribution in [-0.4, -0.2) is 37.0 Å². The van der Waals surface area contributed by atoms with E-state index in [1.165, 1.54) is 6.26 Å². The topological polar surface area (TPSA) is 45.5 Å². The zero-order valence-electron chi connectivity index (χ0n) is 14.2. The van der Waals surface area contributed by atoms with Crippen LogP contribution in [0.15, 0.2) is 58.2 Å². The lowest BCUT2D eigenvalue weighted by atomic mass is 9.98. The van der Waals surface area contributed by atoms with Crippen molar-refractivity contribution in [3.63, 3.8) is 0 Å². The van der Waals surface area contributed by atoms with Crippen molar-refractivity contribution in [3.8, 4) is 0 Å². The van der Waals surface area contributed by atoms with E-state index in [0.29, 0.717) is 18.2 Å². The van der Waals surface area contributed by atoms with Gasteiger partial charge in [-0.1, -0.05) is 41.9 Å². The number of hydrogen-bond acceptors (Lipinski definition) is 3. The Labute approximate surface area is 153 Å². The summed E-state index contributed by atoms with van der Waals surface area (Å²) in [5.74, 6) is 0.652. The van der Waals surface area contributed by atoms with Crippen LogP contribution in [0.5, 0.6) is 0 Å². The molecule has 0 bridgehead atoms. The average molecular weight is 359 g/mol. The van der Waals surface area contributed by atoms with Crippen molar-refractivity contribution < 1.29 is 9.21 Å². The predicted octanol–water partition coefficient (Wildman–Crippen LogP) is 4.00. The number of hydrogen-bond donors (Lipinski definition) is 1. The Morgan fingerprint density at radius 2 is 2.12 bits per heavy atom. The third-order valence-electron chi connectivity index (χ3n) is 4.40. The first kappa shape index (κ1) is 17.8. The second-order valence-corrected chi connectivity index (χ2v) is 6.92. The summed E-state index contributed by atoms with van der Waals surface area (Å²) in [6.07, 6.45) is 5.77. The van der Waals surface area contributed by atoms with Crippen molar-refractivity contribution in [3.05, 3.63) is 65.1 Å². The smallest absolute Gasteiger partial charge is 0.286 e. The monoisotopic (exact) mass is 358 g/mol. The van der Waals surface area contributed by atoms with Gasteiger partial charge in [-0.05, 0) is 49.1 Å². The summed E-state index contributed by atoms with van der Waals surface area (Å²) < 4.78 is 5.12. The first-order chi connectivity index (χ1) is 12.2. The molecule has 3 rings (SSSR count). The van der Waals surface area contributed by atoms with Gasteiger partial charge in [0.25, 0.3) is 5.91 Å². The molecule has 0 spiro atoms. The summed E-state index contributed by atoms with van der Waals surface area (Å²) in [7, 11) is 0. The van der Waals surface area contributed by atoms with Crippen LogP contribution in [0.3, 0.4) is 0 Å². The van der Waals surface area contributed by atoms with E-state index >= 15 is 0 Å². The van der Waals surface area contributed by atoms with Gasteiger partial charge in [0, 0.05) is 24.7 Å². The molecule has 4 nitrogen and oxygen atoms in total. The molecule has 1 aliphatic heterocycles. The van der Waals surface area contributed by atoms with Crippen molar-refractivity contribution >= 4 is 23.6 Å². The Morgan fingerprint density at radius 3 is 2.88 bits per heavy atom. The van der Waals surface area contributed by atoms with Gasteiger partial charge in [-0.25, -0.2) is 0 Å². The molecule has 0 unspecified atom stereocenters. The molecule has 0 aliphatic carbocycles. The van der Waals surface area contributed by atoms with Gasteiger partial charge in [0.1, 0.15) is 0 Å². The number of carbonyl (C=O) groups is 1. The van der Waals surface area contributed by atoms with Crippen LogP contribution in [-0.2, 0) is 0 Å². The fraction of sp³-hybridized carbons (Fsp3) is 0.350. The molecule has 0 saturated carbocycles. The van der Waals surface area contributed by atoms with E-state index in [-0.39, 0.29) is 5.91 Å². The Balaban J connectivity index is 1.47. The number of rotatable bonds is 6. The minimum atomic E-state index is -0.149. The average Bonchev–Trinajstić information content (AvgIpc) is 3.15. The lowest BCUT2D eigenvalue weighted by Gasteiger charge is -2.32. The highest BCUT2D eigenvalue weighted by Gasteiger charge is 2.21. The van der Waals surface area contributed by atoms with Gasteiger partial charge >= 0.3 is 0 Å². The van der Waals surface area contributed by atoms with Crippen LogP contribution in [0.25, 0.3) is 6.08 Å². The zero-order valence-corrected chi connectivity index (χ0v) is 14.9. The van der Waals surface area contributed by atoms with Gasteiger partial charge in [0.2, 0.25) is 0 Å². The summed E-state index contributed by atoms with van der Waals surface area (Å²) in [5.41, 5.74) is 1.12. The van der Waals surface area contributed by atoms with E-state index in [4.69, 9.17) is 16.0 Å².